The SMILES string of the molecule is Cc1[nH]n(-c2ccc3c(c2)CC3)c(=O)c1N=Nc1c(O)c(C2CCC(C(=O)O)O2)cc2c1CCC2. The fourth-order valence-electron chi connectivity index (χ4n) is 5.39. The molecule has 1 aromatic heterocycles. The number of aromatic amines is 1. The van der Waals surface area contributed by atoms with Crippen LogP contribution in [0.3, 0.4) is 0 Å². The molecular weight excluding hydrogens is 448 g/mol. The number of phenolic OH excluding ortho intramolecular Hbond substituents is 1. The molecule has 2 unspecified atom stereocenters. The van der Waals surface area contributed by atoms with E-state index in [1.807, 2.05) is 24.3 Å². The number of aromatic hydroxyl groups is 1. The van der Waals surface area contributed by atoms with Gasteiger partial charge in [-0.15, -0.1) is 10.2 Å². The lowest BCUT2D eigenvalue weighted by atomic mass is 9.88. The average molecular weight is 475 g/mol. The second-order valence-electron chi connectivity index (χ2n) is 9.56. The van der Waals surface area contributed by atoms with Gasteiger partial charge in [-0.25, -0.2) is 9.48 Å². The molecule has 1 saturated heterocycles. The summed E-state index contributed by atoms with van der Waals surface area (Å²) in [5.41, 5.74) is 6.63. The predicted octanol–water partition coefficient (Wildman–Crippen LogP) is 4.49. The zero-order chi connectivity index (χ0) is 24.3. The summed E-state index contributed by atoms with van der Waals surface area (Å²) in [5, 5.41) is 32.2. The van der Waals surface area contributed by atoms with Gasteiger partial charge in [-0.1, -0.05) is 6.07 Å². The van der Waals surface area contributed by atoms with Crippen molar-refractivity contribution in [3.8, 4) is 11.4 Å². The van der Waals surface area contributed by atoms with Gasteiger partial charge in [0.2, 0.25) is 0 Å². The first-order valence-corrected chi connectivity index (χ1v) is 12.0. The van der Waals surface area contributed by atoms with Crippen molar-refractivity contribution in [2.24, 2.45) is 10.2 Å². The number of ether oxygens (including phenoxy) is 1. The van der Waals surface area contributed by atoms with E-state index < -0.39 is 18.2 Å². The molecule has 3 N–H and O–H groups in total. The van der Waals surface area contributed by atoms with E-state index in [0.29, 0.717) is 29.8 Å². The number of phenols is 1. The lowest BCUT2D eigenvalue weighted by molar-refractivity contribution is -0.149. The topological polar surface area (TPSA) is 129 Å². The lowest BCUT2D eigenvalue weighted by Crippen LogP contribution is -2.18. The summed E-state index contributed by atoms with van der Waals surface area (Å²) in [6, 6.07) is 7.89. The third-order valence-electron chi connectivity index (χ3n) is 7.42. The van der Waals surface area contributed by atoms with Crippen molar-refractivity contribution in [2.75, 3.05) is 0 Å². The van der Waals surface area contributed by atoms with E-state index in [1.165, 1.54) is 15.8 Å². The largest absolute Gasteiger partial charge is 0.505 e. The van der Waals surface area contributed by atoms with Crippen molar-refractivity contribution in [3.63, 3.8) is 0 Å². The Morgan fingerprint density at radius 2 is 1.86 bits per heavy atom. The maximum atomic E-state index is 13.2. The molecule has 3 aromatic rings. The summed E-state index contributed by atoms with van der Waals surface area (Å²) in [4.78, 5) is 24.5. The minimum atomic E-state index is -1.000. The van der Waals surface area contributed by atoms with E-state index in [2.05, 4.69) is 15.3 Å². The number of H-pyrrole nitrogens is 1. The van der Waals surface area contributed by atoms with E-state index in [4.69, 9.17) is 4.74 Å². The second-order valence-corrected chi connectivity index (χ2v) is 9.56. The highest BCUT2D eigenvalue weighted by Crippen LogP contribution is 2.47. The number of nitrogens with one attached hydrogen (secondary N) is 1. The van der Waals surface area contributed by atoms with Gasteiger partial charge in [-0.3, -0.25) is 9.89 Å². The molecule has 0 bridgehead atoms. The van der Waals surface area contributed by atoms with E-state index in [9.17, 15) is 19.8 Å². The second kappa shape index (κ2) is 8.20. The van der Waals surface area contributed by atoms with Gasteiger partial charge >= 0.3 is 5.97 Å². The van der Waals surface area contributed by atoms with E-state index in [-0.39, 0.29) is 17.0 Å². The zero-order valence-electron chi connectivity index (χ0n) is 19.4. The smallest absolute Gasteiger partial charge is 0.332 e. The van der Waals surface area contributed by atoms with Crippen LogP contribution in [0.25, 0.3) is 5.69 Å². The van der Waals surface area contributed by atoms with Crippen LogP contribution in [0.5, 0.6) is 5.75 Å². The van der Waals surface area contributed by atoms with Crippen LogP contribution < -0.4 is 5.56 Å². The molecule has 9 nitrogen and oxygen atoms in total. The molecule has 2 heterocycles. The first-order chi connectivity index (χ1) is 16.9. The van der Waals surface area contributed by atoms with Gasteiger partial charge in [0.25, 0.3) is 5.56 Å². The van der Waals surface area contributed by atoms with Gasteiger partial charge in [0, 0.05) is 5.56 Å². The molecule has 2 aliphatic carbocycles. The van der Waals surface area contributed by atoms with Crippen LogP contribution in [0.4, 0.5) is 11.4 Å². The Bertz CT molecular complexity index is 1450. The first-order valence-electron chi connectivity index (χ1n) is 12.0. The number of carbonyl (C=O) groups is 1. The van der Waals surface area contributed by atoms with Gasteiger partial charge in [-0.2, -0.15) is 0 Å². The highest BCUT2D eigenvalue weighted by Gasteiger charge is 2.35. The third-order valence-corrected chi connectivity index (χ3v) is 7.42. The number of azo groups is 1. The zero-order valence-corrected chi connectivity index (χ0v) is 19.4. The van der Waals surface area contributed by atoms with Crippen molar-refractivity contribution in [3.05, 3.63) is 68.1 Å². The van der Waals surface area contributed by atoms with Crippen molar-refractivity contribution >= 4 is 17.3 Å². The number of hydrogen-bond donors (Lipinski definition) is 3. The first kappa shape index (κ1) is 21.8. The number of aromatic nitrogens is 2. The molecular formula is C26H26N4O5. The van der Waals surface area contributed by atoms with Gasteiger partial charge < -0.3 is 14.9 Å². The van der Waals surface area contributed by atoms with E-state index in [1.54, 1.807) is 6.92 Å². The Labute approximate surface area is 201 Å². The van der Waals surface area contributed by atoms with Crippen LogP contribution in [-0.4, -0.2) is 32.1 Å². The number of hydrogen-bond acceptors (Lipinski definition) is 6. The quantitative estimate of drug-likeness (QED) is 0.469. The van der Waals surface area contributed by atoms with Gasteiger partial charge in [0.05, 0.1) is 17.5 Å². The summed E-state index contributed by atoms with van der Waals surface area (Å²) in [6.07, 6.45) is 4.11. The molecule has 9 heteroatoms. The molecule has 0 amide bonds. The Hall–Kier alpha value is -3.72. The van der Waals surface area contributed by atoms with Crippen LogP contribution >= 0.6 is 0 Å². The van der Waals surface area contributed by atoms with Gasteiger partial charge in [0.15, 0.2) is 11.8 Å². The molecule has 6 rings (SSSR count). The van der Waals surface area contributed by atoms with Crippen molar-refractivity contribution < 1.29 is 19.7 Å². The maximum Gasteiger partial charge on any atom is 0.332 e. The Balaban J connectivity index is 1.37. The number of aliphatic carboxylic acids is 1. The van der Waals surface area contributed by atoms with Crippen molar-refractivity contribution in [1.82, 2.24) is 9.78 Å². The normalized spacial score (nSPS) is 20.7. The molecule has 3 aliphatic rings. The number of carboxylic acids is 1. The third kappa shape index (κ3) is 3.58. The Kier molecular flexibility index (Phi) is 5.10. The van der Waals surface area contributed by atoms with Gasteiger partial charge in [-0.05, 0) is 92.3 Å². The average Bonchev–Trinajstić information content (AvgIpc) is 3.54. The van der Waals surface area contributed by atoms with Crippen LogP contribution in [0.15, 0.2) is 39.3 Å². The molecule has 0 radical (unpaired) electrons. The molecule has 1 aliphatic heterocycles. The minimum absolute atomic E-state index is 0.0543. The monoisotopic (exact) mass is 474 g/mol. The fourth-order valence-corrected chi connectivity index (χ4v) is 5.39. The van der Waals surface area contributed by atoms with Crippen LogP contribution in [0.2, 0.25) is 0 Å². The number of aryl methyl sites for hydroxylation is 4. The number of carboxylic acid groups (broad SMARTS) is 1. The predicted molar refractivity (Wildman–Crippen MR) is 127 cm³/mol. The summed E-state index contributed by atoms with van der Waals surface area (Å²) in [5.74, 6) is -1.05. The molecule has 180 valence electrons. The van der Waals surface area contributed by atoms with Crippen LogP contribution in [0, 0.1) is 6.92 Å². The summed E-state index contributed by atoms with van der Waals surface area (Å²) in [7, 11) is 0. The fraction of sp³-hybridized carbons (Fsp3) is 0.385. The lowest BCUT2D eigenvalue weighted by Gasteiger charge is -2.19. The molecule has 2 aromatic carbocycles. The van der Waals surface area contributed by atoms with Crippen molar-refractivity contribution in [2.45, 2.75) is 64.1 Å². The number of rotatable bonds is 5. The summed E-state index contributed by atoms with van der Waals surface area (Å²) < 4.78 is 7.16. The standard InChI is InChI=1S/C26H26N4O5/c1-13-22(25(32)30(29-13)17-8-7-14-5-6-15(14)11-17)27-28-23-18-4-2-3-16(18)12-19(24(23)31)20-9-10-21(35-20)26(33)34/h7-8,11-12,20-21,29,31H,2-6,9-10H2,1H3,(H,33,34). The van der Waals surface area contributed by atoms with Crippen LogP contribution in [0.1, 0.15) is 58.9 Å². The van der Waals surface area contributed by atoms with Crippen molar-refractivity contribution in [1.29, 1.82) is 0 Å². The number of nitrogens with zero attached hydrogens (tertiary/aromatic N) is 3. The molecule has 2 atom stereocenters. The van der Waals surface area contributed by atoms with Crippen LogP contribution in [-0.2, 0) is 35.2 Å². The Morgan fingerprint density at radius 3 is 2.57 bits per heavy atom. The highest BCUT2D eigenvalue weighted by molar-refractivity contribution is 5.73. The Morgan fingerprint density at radius 1 is 1.06 bits per heavy atom. The minimum Gasteiger partial charge on any atom is -0.505 e. The summed E-state index contributed by atoms with van der Waals surface area (Å²) in [6.45, 7) is 1.77. The number of benzene rings is 2. The molecule has 0 saturated carbocycles. The van der Waals surface area contributed by atoms with E-state index >= 15 is 0 Å². The van der Waals surface area contributed by atoms with Gasteiger partial charge in [0.1, 0.15) is 11.4 Å². The molecule has 1 fully saturated rings. The molecule has 35 heavy (non-hydrogen) atoms. The summed E-state index contributed by atoms with van der Waals surface area (Å²) >= 11 is 0. The molecule has 0 spiro atoms. The highest BCUT2D eigenvalue weighted by atomic mass is 16.5. The number of fused-ring (bicyclic) bond motifs is 2. The van der Waals surface area contributed by atoms with E-state index in [0.717, 1.165) is 48.9 Å². The maximum absolute atomic E-state index is 13.2.